The van der Waals surface area contributed by atoms with Gasteiger partial charge in [-0.15, -0.1) is 0 Å². The fourth-order valence-electron chi connectivity index (χ4n) is 3.15. The number of nitrogens with zero attached hydrogens (tertiary/aromatic N) is 1. The summed E-state index contributed by atoms with van der Waals surface area (Å²) in [5.74, 6) is 0.454. The Morgan fingerprint density at radius 3 is 2.44 bits per heavy atom. The molecule has 2 aromatic carbocycles. The monoisotopic (exact) mass is 355 g/mol. The van der Waals surface area contributed by atoms with Gasteiger partial charge in [-0.05, 0) is 34.6 Å². The van der Waals surface area contributed by atoms with E-state index in [2.05, 4.69) is 39.0 Å². The fraction of sp³-hybridized carbons (Fsp3) is 0.381. The Balaban J connectivity index is 1.60. The van der Waals surface area contributed by atoms with E-state index < -0.39 is 10.8 Å². The Kier molecular flexibility index (Phi) is 5.09. The quantitative estimate of drug-likeness (QED) is 0.836. The van der Waals surface area contributed by atoms with Crippen LogP contribution in [0.5, 0.6) is 0 Å². The van der Waals surface area contributed by atoms with Gasteiger partial charge in [0.2, 0.25) is 5.91 Å². The molecule has 0 aliphatic carbocycles. The van der Waals surface area contributed by atoms with Gasteiger partial charge in [0.1, 0.15) is 5.75 Å². The maximum Gasteiger partial charge on any atom is 0.239 e. The van der Waals surface area contributed by atoms with Crippen LogP contribution in [-0.4, -0.2) is 22.4 Å². The summed E-state index contributed by atoms with van der Waals surface area (Å²) in [5, 5.41) is 0. The van der Waals surface area contributed by atoms with Crippen LogP contribution in [0.4, 0.5) is 5.69 Å². The molecule has 0 spiro atoms. The zero-order valence-electron chi connectivity index (χ0n) is 15.1. The first kappa shape index (κ1) is 17.9. The van der Waals surface area contributed by atoms with E-state index in [1.54, 1.807) is 4.90 Å². The second-order valence-corrected chi connectivity index (χ2v) is 9.06. The van der Waals surface area contributed by atoms with E-state index in [0.717, 1.165) is 17.7 Å². The van der Waals surface area contributed by atoms with Gasteiger partial charge >= 0.3 is 0 Å². The summed E-state index contributed by atoms with van der Waals surface area (Å²) in [6.45, 7) is 7.21. The molecule has 25 heavy (non-hydrogen) atoms. The van der Waals surface area contributed by atoms with Crippen molar-refractivity contribution in [1.29, 1.82) is 0 Å². The van der Waals surface area contributed by atoms with Crippen LogP contribution in [0.3, 0.4) is 0 Å². The summed E-state index contributed by atoms with van der Waals surface area (Å²) in [7, 11) is -1.19. The van der Waals surface area contributed by atoms with E-state index in [9.17, 15) is 9.00 Å². The summed E-state index contributed by atoms with van der Waals surface area (Å²) >= 11 is 0. The number of carbonyl (C=O) groups excluding carboxylic acids is 1. The van der Waals surface area contributed by atoms with Crippen LogP contribution in [-0.2, 0) is 33.2 Å². The molecule has 0 saturated heterocycles. The normalized spacial score (nSPS) is 15.1. The van der Waals surface area contributed by atoms with Gasteiger partial charge in [-0.1, -0.05) is 63.2 Å². The molecular weight excluding hydrogens is 330 g/mol. The van der Waals surface area contributed by atoms with Crippen molar-refractivity contribution in [2.75, 3.05) is 17.2 Å². The van der Waals surface area contributed by atoms with Crippen molar-refractivity contribution in [2.45, 2.75) is 38.4 Å². The molecule has 4 heteroatoms. The van der Waals surface area contributed by atoms with Crippen LogP contribution in [0, 0.1) is 0 Å². The molecule has 0 saturated carbocycles. The van der Waals surface area contributed by atoms with E-state index in [-0.39, 0.29) is 17.1 Å². The highest BCUT2D eigenvalue weighted by molar-refractivity contribution is 7.84. The van der Waals surface area contributed by atoms with Crippen LogP contribution in [0.2, 0.25) is 0 Å². The third-order valence-corrected chi connectivity index (χ3v) is 5.84. The number of amides is 1. The fourth-order valence-corrected chi connectivity index (χ4v) is 4.25. The molecule has 1 heterocycles. The summed E-state index contributed by atoms with van der Waals surface area (Å²) in [4.78, 5) is 14.3. The van der Waals surface area contributed by atoms with Gasteiger partial charge in [-0.3, -0.25) is 9.00 Å². The molecule has 2 aromatic rings. The van der Waals surface area contributed by atoms with Crippen molar-refractivity contribution >= 4 is 22.4 Å². The average molecular weight is 356 g/mol. The minimum absolute atomic E-state index is 0.0467. The zero-order valence-corrected chi connectivity index (χ0v) is 15.9. The maximum atomic E-state index is 12.5. The number of fused-ring (bicyclic) bond motifs is 1. The third kappa shape index (κ3) is 4.18. The van der Waals surface area contributed by atoms with Gasteiger partial charge in [0.25, 0.3) is 0 Å². The molecule has 0 unspecified atom stereocenters. The highest BCUT2D eigenvalue weighted by Crippen LogP contribution is 2.27. The Morgan fingerprint density at radius 2 is 1.76 bits per heavy atom. The minimum atomic E-state index is -1.19. The lowest BCUT2D eigenvalue weighted by Gasteiger charge is -2.19. The molecule has 3 nitrogen and oxygen atoms in total. The third-order valence-electron chi connectivity index (χ3n) is 4.62. The van der Waals surface area contributed by atoms with E-state index in [4.69, 9.17) is 0 Å². The van der Waals surface area contributed by atoms with E-state index in [0.29, 0.717) is 12.3 Å². The van der Waals surface area contributed by atoms with Gasteiger partial charge in [-0.2, -0.15) is 0 Å². The van der Waals surface area contributed by atoms with Crippen molar-refractivity contribution in [1.82, 2.24) is 0 Å². The molecule has 3 rings (SSSR count). The summed E-state index contributed by atoms with van der Waals surface area (Å²) in [6.07, 6.45) is 0.878. The predicted molar refractivity (Wildman–Crippen MR) is 104 cm³/mol. The number of carbonyl (C=O) groups is 1. The minimum Gasteiger partial charge on any atom is -0.311 e. The number of rotatable bonds is 4. The van der Waals surface area contributed by atoms with Crippen LogP contribution >= 0.6 is 0 Å². The summed E-state index contributed by atoms with van der Waals surface area (Å²) in [6, 6.07) is 16.2. The van der Waals surface area contributed by atoms with Crippen LogP contribution < -0.4 is 4.90 Å². The number of hydrogen-bond acceptors (Lipinski definition) is 2. The van der Waals surface area contributed by atoms with Crippen LogP contribution in [0.1, 0.15) is 37.5 Å². The highest BCUT2D eigenvalue weighted by Gasteiger charge is 2.25. The number of para-hydroxylation sites is 1. The first-order valence-electron chi connectivity index (χ1n) is 8.67. The first-order chi connectivity index (χ1) is 11.8. The Hall–Kier alpha value is -1.94. The second kappa shape index (κ2) is 7.12. The van der Waals surface area contributed by atoms with Gasteiger partial charge in [0, 0.05) is 28.8 Å². The Labute approximate surface area is 152 Å². The highest BCUT2D eigenvalue weighted by atomic mass is 32.2. The SMILES string of the molecule is CC(C)(C)c1ccc(C[S@](=O)CC(=O)N2CCc3ccccc32)cc1. The lowest BCUT2D eigenvalue weighted by Crippen LogP contribution is -2.33. The molecule has 0 bridgehead atoms. The molecule has 1 aliphatic heterocycles. The first-order valence-corrected chi connectivity index (χ1v) is 10.2. The summed E-state index contributed by atoms with van der Waals surface area (Å²) < 4.78 is 12.4. The molecular formula is C21H25NO2S. The number of benzene rings is 2. The standard InChI is InChI=1S/C21H25NO2S/c1-21(2,3)18-10-8-16(9-11-18)14-25(24)15-20(23)22-13-12-17-6-4-5-7-19(17)22/h4-11H,12-15H2,1-3H3/t25-/m0/s1. The molecule has 0 N–H and O–H groups in total. The van der Waals surface area contributed by atoms with Crippen LogP contribution in [0.25, 0.3) is 0 Å². The van der Waals surface area contributed by atoms with Crippen molar-refractivity contribution in [2.24, 2.45) is 0 Å². The van der Waals surface area contributed by atoms with Crippen LogP contribution in [0.15, 0.2) is 48.5 Å². The molecule has 0 aromatic heterocycles. The van der Waals surface area contributed by atoms with E-state index in [1.165, 1.54) is 11.1 Å². The van der Waals surface area contributed by atoms with Crippen molar-refractivity contribution in [3.05, 3.63) is 65.2 Å². The molecule has 0 fully saturated rings. The topological polar surface area (TPSA) is 37.4 Å². The van der Waals surface area contributed by atoms with Gasteiger partial charge in [0.15, 0.2) is 0 Å². The average Bonchev–Trinajstić information content (AvgIpc) is 2.98. The van der Waals surface area contributed by atoms with E-state index >= 15 is 0 Å². The predicted octanol–water partition coefficient (Wildman–Crippen LogP) is 3.82. The Bertz CT molecular complexity index is 790. The van der Waals surface area contributed by atoms with Gasteiger partial charge in [0.05, 0.1) is 0 Å². The molecule has 0 radical (unpaired) electrons. The molecule has 1 aliphatic rings. The van der Waals surface area contributed by atoms with E-state index in [1.807, 2.05) is 30.3 Å². The number of anilines is 1. The molecule has 132 valence electrons. The van der Waals surface area contributed by atoms with Gasteiger partial charge in [-0.25, -0.2) is 0 Å². The lowest BCUT2D eigenvalue weighted by atomic mass is 9.87. The largest absolute Gasteiger partial charge is 0.311 e. The molecule has 1 atom stereocenters. The van der Waals surface area contributed by atoms with Crippen molar-refractivity contribution < 1.29 is 9.00 Å². The number of hydrogen-bond donors (Lipinski definition) is 0. The second-order valence-electron chi connectivity index (χ2n) is 7.60. The zero-order chi connectivity index (χ0) is 18.0. The van der Waals surface area contributed by atoms with Crippen molar-refractivity contribution in [3.63, 3.8) is 0 Å². The van der Waals surface area contributed by atoms with Gasteiger partial charge < -0.3 is 4.90 Å². The smallest absolute Gasteiger partial charge is 0.239 e. The molecule has 1 amide bonds. The maximum absolute atomic E-state index is 12.5. The lowest BCUT2D eigenvalue weighted by molar-refractivity contribution is -0.116. The Morgan fingerprint density at radius 1 is 1.08 bits per heavy atom. The van der Waals surface area contributed by atoms with Crippen molar-refractivity contribution in [3.8, 4) is 0 Å². The summed E-state index contributed by atoms with van der Waals surface area (Å²) in [5.41, 5.74) is 4.54.